The standard InChI is InChI=1S/C13H24N4O2S/c1-5-17(6-2)13-15-11(14)10(20-13)12(18)16(4)8-9-19-7-3/h5-9,14H2,1-4H3. The molecular formula is C13H24N4O2S. The molecule has 2 N–H and O–H groups in total. The molecule has 0 aromatic carbocycles. The van der Waals surface area contributed by atoms with Crippen LogP contribution in [-0.2, 0) is 4.74 Å². The molecule has 1 aromatic heterocycles. The highest BCUT2D eigenvalue weighted by Gasteiger charge is 2.21. The number of aromatic nitrogens is 1. The fourth-order valence-corrected chi connectivity index (χ4v) is 2.83. The van der Waals surface area contributed by atoms with Crippen LogP contribution in [0.3, 0.4) is 0 Å². The van der Waals surface area contributed by atoms with Crippen molar-refractivity contribution in [2.24, 2.45) is 0 Å². The van der Waals surface area contributed by atoms with E-state index in [4.69, 9.17) is 10.5 Å². The Labute approximate surface area is 124 Å². The molecule has 0 spiro atoms. The van der Waals surface area contributed by atoms with Crippen LogP contribution < -0.4 is 10.6 Å². The van der Waals surface area contributed by atoms with Gasteiger partial charge in [0.1, 0.15) is 10.7 Å². The number of nitrogen functional groups attached to an aromatic ring is 1. The van der Waals surface area contributed by atoms with E-state index >= 15 is 0 Å². The quantitative estimate of drug-likeness (QED) is 0.740. The lowest BCUT2D eigenvalue weighted by Crippen LogP contribution is -2.30. The maximum Gasteiger partial charge on any atom is 0.267 e. The van der Waals surface area contributed by atoms with Gasteiger partial charge in [0.25, 0.3) is 5.91 Å². The average Bonchev–Trinajstić information content (AvgIpc) is 2.81. The van der Waals surface area contributed by atoms with E-state index in [1.807, 2.05) is 6.92 Å². The predicted molar refractivity (Wildman–Crippen MR) is 83.5 cm³/mol. The summed E-state index contributed by atoms with van der Waals surface area (Å²) in [5.41, 5.74) is 5.88. The zero-order valence-corrected chi connectivity index (χ0v) is 13.5. The summed E-state index contributed by atoms with van der Waals surface area (Å²) in [7, 11) is 1.75. The molecule has 0 aliphatic rings. The Morgan fingerprint density at radius 2 is 2.00 bits per heavy atom. The fraction of sp³-hybridized carbons (Fsp3) is 0.692. The molecule has 114 valence electrons. The van der Waals surface area contributed by atoms with Crippen LogP contribution in [0, 0.1) is 0 Å². The van der Waals surface area contributed by atoms with E-state index < -0.39 is 0 Å². The lowest BCUT2D eigenvalue weighted by molar-refractivity contribution is 0.0715. The van der Waals surface area contributed by atoms with Crippen LogP contribution in [-0.4, -0.2) is 55.7 Å². The summed E-state index contributed by atoms with van der Waals surface area (Å²) in [6.45, 7) is 9.45. The lowest BCUT2D eigenvalue weighted by atomic mass is 10.4. The lowest BCUT2D eigenvalue weighted by Gasteiger charge is -2.17. The highest BCUT2D eigenvalue weighted by atomic mass is 32.1. The molecular weight excluding hydrogens is 276 g/mol. The third-order valence-electron chi connectivity index (χ3n) is 2.99. The van der Waals surface area contributed by atoms with Gasteiger partial charge in [0.2, 0.25) is 0 Å². The minimum Gasteiger partial charge on any atom is -0.382 e. The Bertz CT molecular complexity index is 432. The molecule has 1 rings (SSSR count). The van der Waals surface area contributed by atoms with Crippen LogP contribution in [0.15, 0.2) is 0 Å². The van der Waals surface area contributed by atoms with E-state index in [0.717, 1.165) is 18.2 Å². The summed E-state index contributed by atoms with van der Waals surface area (Å²) in [6, 6.07) is 0. The van der Waals surface area contributed by atoms with Crippen molar-refractivity contribution < 1.29 is 9.53 Å². The highest BCUT2D eigenvalue weighted by molar-refractivity contribution is 7.18. The smallest absolute Gasteiger partial charge is 0.267 e. The SMILES string of the molecule is CCOCCN(C)C(=O)c1sc(N(CC)CC)nc1N. The number of carbonyl (C=O) groups is 1. The van der Waals surface area contributed by atoms with E-state index in [-0.39, 0.29) is 5.91 Å². The summed E-state index contributed by atoms with van der Waals surface area (Å²) >= 11 is 1.35. The molecule has 0 radical (unpaired) electrons. The minimum absolute atomic E-state index is 0.0990. The first kappa shape index (κ1) is 16.7. The highest BCUT2D eigenvalue weighted by Crippen LogP contribution is 2.28. The fourth-order valence-electron chi connectivity index (χ4n) is 1.72. The first-order chi connectivity index (χ1) is 9.54. The third-order valence-corrected chi connectivity index (χ3v) is 4.11. The molecule has 1 aromatic rings. The molecule has 1 amide bonds. The van der Waals surface area contributed by atoms with E-state index in [1.165, 1.54) is 11.3 Å². The Kier molecular flexibility index (Phi) is 6.74. The molecule has 0 saturated carbocycles. The van der Waals surface area contributed by atoms with Gasteiger partial charge in [0, 0.05) is 33.3 Å². The second kappa shape index (κ2) is 8.06. The number of hydrogen-bond donors (Lipinski definition) is 1. The van der Waals surface area contributed by atoms with Gasteiger partial charge in [-0.25, -0.2) is 4.98 Å². The zero-order chi connectivity index (χ0) is 15.1. The normalized spacial score (nSPS) is 10.6. The van der Waals surface area contributed by atoms with Crippen LogP contribution >= 0.6 is 11.3 Å². The van der Waals surface area contributed by atoms with Gasteiger partial charge < -0.3 is 20.3 Å². The van der Waals surface area contributed by atoms with Crippen LogP contribution in [0.4, 0.5) is 10.9 Å². The van der Waals surface area contributed by atoms with Crippen molar-refractivity contribution in [3.8, 4) is 0 Å². The summed E-state index contributed by atoms with van der Waals surface area (Å²) in [5, 5.41) is 0.800. The first-order valence-electron chi connectivity index (χ1n) is 6.89. The Morgan fingerprint density at radius 3 is 2.55 bits per heavy atom. The maximum atomic E-state index is 12.3. The van der Waals surface area contributed by atoms with E-state index in [0.29, 0.717) is 30.5 Å². The first-order valence-corrected chi connectivity index (χ1v) is 7.71. The molecule has 20 heavy (non-hydrogen) atoms. The molecule has 0 saturated heterocycles. The molecule has 0 bridgehead atoms. The van der Waals surface area contributed by atoms with Gasteiger partial charge >= 0.3 is 0 Å². The molecule has 0 aliphatic heterocycles. The largest absolute Gasteiger partial charge is 0.382 e. The van der Waals surface area contributed by atoms with Crippen molar-refractivity contribution in [2.75, 3.05) is 50.5 Å². The summed E-state index contributed by atoms with van der Waals surface area (Å²) < 4.78 is 5.25. The number of likely N-dealkylation sites (N-methyl/N-ethyl adjacent to an activating group) is 1. The number of thiazole rings is 1. The average molecular weight is 300 g/mol. The van der Waals surface area contributed by atoms with Crippen molar-refractivity contribution in [3.05, 3.63) is 4.88 Å². The van der Waals surface area contributed by atoms with Crippen LogP contribution in [0.1, 0.15) is 30.4 Å². The number of rotatable bonds is 8. The summed E-state index contributed by atoms with van der Waals surface area (Å²) in [5.74, 6) is 0.211. The number of hydrogen-bond acceptors (Lipinski definition) is 6. The minimum atomic E-state index is -0.0990. The Balaban J connectivity index is 2.77. The number of carbonyl (C=O) groups excluding carboxylic acids is 1. The molecule has 1 heterocycles. The van der Waals surface area contributed by atoms with Crippen molar-refractivity contribution in [1.29, 1.82) is 0 Å². The number of amides is 1. The van der Waals surface area contributed by atoms with E-state index in [2.05, 4.69) is 23.7 Å². The van der Waals surface area contributed by atoms with Crippen molar-refractivity contribution in [2.45, 2.75) is 20.8 Å². The maximum absolute atomic E-state index is 12.3. The number of anilines is 2. The molecule has 7 heteroatoms. The predicted octanol–water partition coefficient (Wildman–Crippen LogP) is 1.68. The molecule has 0 aliphatic carbocycles. The van der Waals surface area contributed by atoms with Crippen molar-refractivity contribution in [3.63, 3.8) is 0 Å². The van der Waals surface area contributed by atoms with Gasteiger partial charge in [0.15, 0.2) is 5.13 Å². The van der Waals surface area contributed by atoms with Gasteiger partial charge in [0.05, 0.1) is 6.61 Å². The monoisotopic (exact) mass is 300 g/mol. The van der Waals surface area contributed by atoms with Crippen molar-refractivity contribution in [1.82, 2.24) is 9.88 Å². The molecule has 0 atom stereocenters. The van der Waals surface area contributed by atoms with Crippen LogP contribution in [0.25, 0.3) is 0 Å². The second-order valence-electron chi connectivity index (χ2n) is 4.31. The second-order valence-corrected chi connectivity index (χ2v) is 5.28. The van der Waals surface area contributed by atoms with Crippen LogP contribution in [0.5, 0.6) is 0 Å². The van der Waals surface area contributed by atoms with Gasteiger partial charge in [-0.05, 0) is 20.8 Å². The number of ether oxygens (including phenoxy) is 1. The summed E-state index contributed by atoms with van der Waals surface area (Å²) in [6.07, 6.45) is 0. The Hall–Kier alpha value is -1.34. The molecule has 6 nitrogen and oxygen atoms in total. The van der Waals surface area contributed by atoms with Gasteiger partial charge in [-0.1, -0.05) is 11.3 Å². The molecule has 0 unspecified atom stereocenters. The number of nitrogens with two attached hydrogens (primary N) is 1. The number of nitrogens with zero attached hydrogens (tertiary/aromatic N) is 3. The molecule has 0 fully saturated rings. The topological polar surface area (TPSA) is 71.7 Å². The summed E-state index contributed by atoms with van der Waals surface area (Å²) in [4.78, 5) is 20.8. The van der Waals surface area contributed by atoms with Crippen LogP contribution in [0.2, 0.25) is 0 Å². The van der Waals surface area contributed by atoms with Gasteiger partial charge in [-0.2, -0.15) is 0 Å². The van der Waals surface area contributed by atoms with Gasteiger partial charge in [-0.15, -0.1) is 0 Å². The van der Waals surface area contributed by atoms with E-state index in [1.54, 1.807) is 11.9 Å². The van der Waals surface area contributed by atoms with Crippen molar-refractivity contribution >= 4 is 28.2 Å². The Morgan fingerprint density at radius 1 is 1.35 bits per heavy atom. The third kappa shape index (κ3) is 4.08. The zero-order valence-electron chi connectivity index (χ0n) is 12.7. The van der Waals surface area contributed by atoms with E-state index in [9.17, 15) is 4.79 Å². The van der Waals surface area contributed by atoms with Gasteiger partial charge in [-0.3, -0.25) is 4.79 Å².